The Labute approximate surface area is 158 Å². The second-order valence-corrected chi connectivity index (χ2v) is 4.58. The van der Waals surface area contributed by atoms with Gasteiger partial charge >= 0.3 is 58.2 Å². The SMILES string of the molecule is CC(C)NCCC(CC(=O)[O-])c1ccccc1.[Rb+]. The average Bonchev–Trinajstić information content (AvgIpc) is 2.28. The molecule has 4 heteroatoms. The molecular weight excluding hydrogens is 300 g/mol. The number of rotatable bonds is 7. The van der Waals surface area contributed by atoms with Crippen molar-refractivity contribution in [2.45, 2.75) is 38.6 Å². The van der Waals surface area contributed by atoms with Crippen molar-refractivity contribution in [2.75, 3.05) is 6.54 Å². The van der Waals surface area contributed by atoms with Crippen LogP contribution in [0.15, 0.2) is 30.3 Å². The van der Waals surface area contributed by atoms with Gasteiger partial charge in [0, 0.05) is 12.0 Å². The molecule has 18 heavy (non-hydrogen) atoms. The molecule has 1 atom stereocenters. The molecule has 0 fully saturated rings. The van der Waals surface area contributed by atoms with Gasteiger partial charge in [0.1, 0.15) is 0 Å². The van der Waals surface area contributed by atoms with Crippen molar-refractivity contribution in [1.82, 2.24) is 5.32 Å². The molecule has 1 aromatic carbocycles. The Hall–Kier alpha value is 0.455. The maximum Gasteiger partial charge on any atom is 1.00 e. The standard InChI is InChI=1S/C14H21NO2.Rb/c1-11(2)15-9-8-13(10-14(16)17)12-6-4-3-5-7-12;/h3-7,11,13,15H,8-10H2,1-2H3,(H,16,17);/q;+1/p-1. The predicted molar refractivity (Wildman–Crippen MR) is 66.6 cm³/mol. The summed E-state index contributed by atoms with van der Waals surface area (Å²) in [6.07, 6.45) is 0.903. The summed E-state index contributed by atoms with van der Waals surface area (Å²) in [5.74, 6) is -0.948. The molecule has 0 bridgehead atoms. The van der Waals surface area contributed by atoms with Crippen molar-refractivity contribution in [3.05, 3.63) is 35.9 Å². The van der Waals surface area contributed by atoms with Crippen LogP contribution in [0.4, 0.5) is 0 Å². The molecule has 0 heterocycles. The first kappa shape index (κ1) is 18.5. The summed E-state index contributed by atoms with van der Waals surface area (Å²) >= 11 is 0. The number of carboxylic acid groups (broad SMARTS) is 1. The molecule has 1 rings (SSSR count). The van der Waals surface area contributed by atoms with Gasteiger partial charge in [0.2, 0.25) is 0 Å². The first-order valence-electron chi connectivity index (χ1n) is 6.07. The fourth-order valence-electron chi connectivity index (χ4n) is 1.86. The van der Waals surface area contributed by atoms with E-state index in [1.807, 2.05) is 30.3 Å². The van der Waals surface area contributed by atoms with E-state index < -0.39 is 5.97 Å². The van der Waals surface area contributed by atoms with Crippen molar-refractivity contribution < 1.29 is 68.1 Å². The van der Waals surface area contributed by atoms with Crippen LogP contribution in [0.25, 0.3) is 0 Å². The first-order chi connectivity index (χ1) is 8.09. The van der Waals surface area contributed by atoms with Crippen LogP contribution in [0.2, 0.25) is 0 Å². The van der Waals surface area contributed by atoms with E-state index in [1.54, 1.807) is 0 Å². The van der Waals surface area contributed by atoms with Gasteiger partial charge in [0.25, 0.3) is 0 Å². The van der Waals surface area contributed by atoms with Gasteiger partial charge in [0.05, 0.1) is 0 Å². The zero-order valence-electron chi connectivity index (χ0n) is 11.5. The van der Waals surface area contributed by atoms with Crippen LogP contribution in [-0.4, -0.2) is 18.6 Å². The zero-order valence-corrected chi connectivity index (χ0v) is 16.4. The van der Waals surface area contributed by atoms with Crippen LogP contribution in [0.3, 0.4) is 0 Å². The Morgan fingerprint density at radius 3 is 2.39 bits per heavy atom. The molecule has 0 aliphatic carbocycles. The van der Waals surface area contributed by atoms with Crippen LogP contribution >= 0.6 is 0 Å². The minimum absolute atomic E-state index is 0. The Kier molecular flexibility index (Phi) is 10.5. The van der Waals surface area contributed by atoms with E-state index in [2.05, 4.69) is 19.2 Å². The molecule has 1 unspecified atom stereocenters. The second kappa shape index (κ2) is 10.3. The van der Waals surface area contributed by atoms with Crippen molar-refractivity contribution >= 4 is 5.97 Å². The summed E-state index contributed by atoms with van der Waals surface area (Å²) in [5.41, 5.74) is 1.07. The molecule has 0 amide bonds. The summed E-state index contributed by atoms with van der Waals surface area (Å²) in [6, 6.07) is 10.2. The Bertz CT molecular complexity index is 341. The molecule has 0 aromatic heterocycles. The van der Waals surface area contributed by atoms with Crippen LogP contribution in [0, 0.1) is 0 Å². The fourth-order valence-corrected chi connectivity index (χ4v) is 1.86. The topological polar surface area (TPSA) is 52.2 Å². The number of carboxylic acids is 1. The van der Waals surface area contributed by atoms with Gasteiger partial charge in [-0.2, -0.15) is 0 Å². The summed E-state index contributed by atoms with van der Waals surface area (Å²) in [5, 5.41) is 14.1. The molecule has 0 saturated carbocycles. The molecule has 94 valence electrons. The molecule has 0 saturated heterocycles. The summed E-state index contributed by atoms with van der Waals surface area (Å²) in [4.78, 5) is 10.7. The van der Waals surface area contributed by atoms with Crippen LogP contribution in [0.1, 0.15) is 38.2 Å². The maximum atomic E-state index is 10.7. The normalized spacial score (nSPS) is 11.9. The molecule has 0 radical (unpaired) electrons. The van der Waals surface area contributed by atoms with Crippen molar-refractivity contribution in [1.29, 1.82) is 0 Å². The predicted octanol–water partition coefficient (Wildman–Crippen LogP) is -1.70. The number of hydrogen-bond donors (Lipinski definition) is 1. The molecule has 3 nitrogen and oxygen atoms in total. The van der Waals surface area contributed by atoms with E-state index in [0.717, 1.165) is 18.5 Å². The third-order valence-corrected chi connectivity index (χ3v) is 2.73. The van der Waals surface area contributed by atoms with Gasteiger partial charge in [-0.15, -0.1) is 0 Å². The number of carbonyl (C=O) groups excluding carboxylic acids is 1. The second-order valence-electron chi connectivity index (χ2n) is 4.58. The van der Waals surface area contributed by atoms with Gasteiger partial charge in [-0.3, -0.25) is 0 Å². The largest absolute Gasteiger partial charge is 1.00 e. The molecule has 1 aromatic rings. The van der Waals surface area contributed by atoms with Crippen molar-refractivity contribution in [3.8, 4) is 0 Å². The zero-order chi connectivity index (χ0) is 12.7. The van der Waals surface area contributed by atoms with Crippen LogP contribution in [-0.2, 0) is 4.79 Å². The maximum absolute atomic E-state index is 10.7. The Balaban J connectivity index is 0.00000289. The number of benzene rings is 1. The van der Waals surface area contributed by atoms with E-state index in [9.17, 15) is 9.90 Å². The quantitative estimate of drug-likeness (QED) is 0.652. The first-order valence-corrected chi connectivity index (χ1v) is 6.07. The number of hydrogen-bond acceptors (Lipinski definition) is 3. The van der Waals surface area contributed by atoms with Gasteiger partial charge < -0.3 is 15.2 Å². The van der Waals surface area contributed by atoms with Crippen molar-refractivity contribution in [2.24, 2.45) is 0 Å². The van der Waals surface area contributed by atoms with E-state index >= 15 is 0 Å². The van der Waals surface area contributed by atoms with Crippen molar-refractivity contribution in [3.63, 3.8) is 0 Å². The van der Waals surface area contributed by atoms with Gasteiger partial charge in [-0.25, -0.2) is 0 Å². The third kappa shape index (κ3) is 7.80. The number of aliphatic carboxylic acids is 1. The Morgan fingerprint density at radius 1 is 1.28 bits per heavy atom. The molecule has 0 spiro atoms. The monoisotopic (exact) mass is 319 g/mol. The smallest absolute Gasteiger partial charge is 0.550 e. The van der Waals surface area contributed by atoms with Crippen LogP contribution < -0.4 is 68.6 Å². The Morgan fingerprint density at radius 2 is 1.89 bits per heavy atom. The van der Waals surface area contributed by atoms with E-state index in [-0.39, 0.29) is 70.5 Å². The molecule has 0 aliphatic rings. The molecule has 1 N–H and O–H groups in total. The molecular formula is C14H20NO2Rb. The summed E-state index contributed by atoms with van der Waals surface area (Å²) in [7, 11) is 0. The van der Waals surface area contributed by atoms with E-state index in [1.165, 1.54) is 0 Å². The average molecular weight is 320 g/mol. The minimum Gasteiger partial charge on any atom is -0.550 e. The van der Waals surface area contributed by atoms with E-state index in [4.69, 9.17) is 0 Å². The van der Waals surface area contributed by atoms with Gasteiger partial charge in [-0.05, 0) is 30.9 Å². The summed E-state index contributed by atoms with van der Waals surface area (Å²) in [6.45, 7) is 4.98. The van der Waals surface area contributed by atoms with Crippen LogP contribution in [0.5, 0.6) is 0 Å². The van der Waals surface area contributed by atoms with Gasteiger partial charge in [0.15, 0.2) is 0 Å². The fraction of sp³-hybridized carbons (Fsp3) is 0.500. The minimum atomic E-state index is -0.983. The van der Waals surface area contributed by atoms with E-state index in [0.29, 0.717) is 6.04 Å². The number of nitrogens with one attached hydrogen (secondary N) is 1. The number of carbonyl (C=O) groups is 1. The van der Waals surface area contributed by atoms with Gasteiger partial charge in [-0.1, -0.05) is 44.2 Å². The third-order valence-electron chi connectivity index (χ3n) is 2.73. The summed E-state index contributed by atoms with van der Waals surface area (Å²) < 4.78 is 0. The molecule has 0 aliphatic heterocycles.